The second kappa shape index (κ2) is 4.69. The van der Waals surface area contributed by atoms with Crippen molar-refractivity contribution < 1.29 is 31.3 Å². The van der Waals surface area contributed by atoms with E-state index in [4.69, 9.17) is 4.55 Å². The fourth-order valence-corrected chi connectivity index (χ4v) is 3.83. The number of rotatable bonds is 3. The Kier molecular flexibility index (Phi) is 3.44. The molecule has 0 aromatic heterocycles. The maximum absolute atomic E-state index is 12.1. The first-order valence-electron chi connectivity index (χ1n) is 5.40. The number of Topliss-reactive ketones (excluding diaryl/α,β-unsaturated/α-hetero) is 1. The van der Waals surface area contributed by atoms with Gasteiger partial charge in [0.05, 0.1) is 9.79 Å². The van der Waals surface area contributed by atoms with E-state index in [2.05, 4.69) is 0 Å². The molecule has 2 rings (SSSR count). The minimum atomic E-state index is -4.44. The first kappa shape index (κ1) is 14.7. The molecule has 0 amide bonds. The summed E-state index contributed by atoms with van der Waals surface area (Å²) in [5.74, 6) is -1.48. The maximum Gasteiger partial charge on any atom is 0.294 e. The SMILES string of the molecule is O=C1CCC([O-])=C1S(=O)(=O)c1ccc(S(=O)(=O)O)cc1. The average molecular weight is 317 g/mol. The molecule has 0 saturated heterocycles. The molecule has 0 saturated carbocycles. The molecule has 1 aliphatic rings. The van der Waals surface area contributed by atoms with Crippen LogP contribution in [0, 0.1) is 0 Å². The maximum atomic E-state index is 12.1. The lowest BCUT2D eigenvalue weighted by molar-refractivity contribution is -0.305. The molecule has 20 heavy (non-hydrogen) atoms. The molecular formula is C11H9O7S2-. The molecule has 0 aliphatic heterocycles. The molecule has 1 aromatic rings. The highest BCUT2D eigenvalue weighted by atomic mass is 32.2. The lowest BCUT2D eigenvalue weighted by Crippen LogP contribution is -2.15. The van der Waals surface area contributed by atoms with Crippen molar-refractivity contribution >= 4 is 25.7 Å². The van der Waals surface area contributed by atoms with Crippen molar-refractivity contribution in [2.24, 2.45) is 0 Å². The number of carbonyl (C=O) groups excluding carboxylic acids is 1. The molecule has 1 aliphatic carbocycles. The Morgan fingerprint density at radius 1 is 0.950 bits per heavy atom. The molecule has 108 valence electrons. The molecule has 9 heteroatoms. The standard InChI is InChI=1S/C11H10O7S2/c12-9-5-6-10(13)11(9)19(14,15)7-1-3-8(4-2-7)20(16,17)18/h1-4,12H,5-6H2,(H,16,17,18)/p-1. The van der Waals surface area contributed by atoms with Crippen molar-refractivity contribution in [2.45, 2.75) is 22.6 Å². The van der Waals surface area contributed by atoms with Gasteiger partial charge in [-0.25, -0.2) is 8.42 Å². The summed E-state index contributed by atoms with van der Waals surface area (Å²) < 4.78 is 54.7. The summed E-state index contributed by atoms with van der Waals surface area (Å²) in [6.45, 7) is 0. The van der Waals surface area contributed by atoms with Crippen LogP contribution >= 0.6 is 0 Å². The second-order valence-electron chi connectivity index (χ2n) is 4.13. The number of hydrogen-bond acceptors (Lipinski definition) is 6. The monoisotopic (exact) mass is 317 g/mol. The molecule has 0 radical (unpaired) electrons. The van der Waals surface area contributed by atoms with Crippen LogP contribution in [0.25, 0.3) is 0 Å². The van der Waals surface area contributed by atoms with Crippen LogP contribution < -0.4 is 5.11 Å². The van der Waals surface area contributed by atoms with E-state index >= 15 is 0 Å². The van der Waals surface area contributed by atoms with Crippen LogP contribution in [0.5, 0.6) is 0 Å². The van der Waals surface area contributed by atoms with Crippen LogP contribution in [0.1, 0.15) is 12.8 Å². The Morgan fingerprint density at radius 3 is 1.85 bits per heavy atom. The topological polar surface area (TPSA) is 129 Å². The van der Waals surface area contributed by atoms with E-state index in [0.29, 0.717) is 0 Å². The van der Waals surface area contributed by atoms with Crippen molar-refractivity contribution in [2.75, 3.05) is 0 Å². The van der Waals surface area contributed by atoms with Gasteiger partial charge in [0.2, 0.25) is 9.84 Å². The van der Waals surface area contributed by atoms with E-state index in [1.165, 1.54) is 0 Å². The first-order chi connectivity index (χ1) is 9.14. The fraction of sp³-hybridized carbons (Fsp3) is 0.182. The van der Waals surface area contributed by atoms with E-state index < -0.39 is 41.3 Å². The van der Waals surface area contributed by atoms with Crippen LogP contribution in [-0.4, -0.2) is 27.2 Å². The Hall–Kier alpha value is -1.71. The number of allylic oxidation sites excluding steroid dienone is 2. The normalized spacial score (nSPS) is 16.8. The zero-order valence-corrected chi connectivity index (χ0v) is 11.6. The van der Waals surface area contributed by atoms with Gasteiger partial charge in [-0.3, -0.25) is 9.35 Å². The Labute approximate surface area is 115 Å². The predicted octanol–water partition coefficient (Wildman–Crippen LogP) is -0.358. The molecule has 0 spiro atoms. The lowest BCUT2D eigenvalue weighted by atomic mass is 10.3. The minimum absolute atomic E-state index is 0.142. The summed E-state index contributed by atoms with van der Waals surface area (Å²) in [7, 11) is -8.70. The number of benzene rings is 1. The van der Waals surface area contributed by atoms with E-state index in [9.17, 15) is 26.7 Å². The largest absolute Gasteiger partial charge is 0.874 e. The molecule has 0 fully saturated rings. The molecule has 7 nitrogen and oxygen atoms in total. The highest BCUT2D eigenvalue weighted by molar-refractivity contribution is 7.96. The molecule has 0 atom stereocenters. The van der Waals surface area contributed by atoms with E-state index in [0.717, 1.165) is 24.3 Å². The Morgan fingerprint density at radius 2 is 1.45 bits per heavy atom. The molecule has 1 N–H and O–H groups in total. The lowest BCUT2D eigenvalue weighted by Gasteiger charge is -2.10. The molecule has 1 aromatic carbocycles. The summed E-state index contributed by atoms with van der Waals surface area (Å²) in [6, 6.07) is 3.61. The van der Waals surface area contributed by atoms with Crippen LogP contribution in [0.15, 0.2) is 44.7 Å². The van der Waals surface area contributed by atoms with Gasteiger partial charge in [0, 0.05) is 6.42 Å². The smallest absolute Gasteiger partial charge is 0.294 e. The van der Waals surface area contributed by atoms with Gasteiger partial charge < -0.3 is 5.11 Å². The first-order valence-corrected chi connectivity index (χ1v) is 8.32. The van der Waals surface area contributed by atoms with Crippen LogP contribution in [0.2, 0.25) is 0 Å². The fourth-order valence-electron chi connectivity index (χ4n) is 1.82. The van der Waals surface area contributed by atoms with Gasteiger partial charge in [-0.05, 0) is 30.7 Å². The van der Waals surface area contributed by atoms with E-state index in [-0.39, 0.29) is 17.7 Å². The van der Waals surface area contributed by atoms with Gasteiger partial charge in [0.1, 0.15) is 4.91 Å². The van der Waals surface area contributed by atoms with Gasteiger partial charge in [-0.2, -0.15) is 8.42 Å². The number of hydrogen-bond donors (Lipinski definition) is 1. The van der Waals surface area contributed by atoms with Gasteiger partial charge in [0.15, 0.2) is 5.78 Å². The molecular weight excluding hydrogens is 308 g/mol. The number of ketones is 1. The second-order valence-corrected chi connectivity index (χ2v) is 7.43. The van der Waals surface area contributed by atoms with E-state index in [1.54, 1.807) is 0 Å². The minimum Gasteiger partial charge on any atom is -0.874 e. The van der Waals surface area contributed by atoms with Gasteiger partial charge in [-0.15, -0.1) is 5.76 Å². The van der Waals surface area contributed by atoms with Crippen LogP contribution in [-0.2, 0) is 24.7 Å². The summed E-state index contributed by atoms with van der Waals surface area (Å²) in [4.78, 5) is 9.84. The summed E-state index contributed by atoms with van der Waals surface area (Å²) in [6.07, 6.45) is -0.285. The van der Waals surface area contributed by atoms with Crippen molar-refractivity contribution in [1.29, 1.82) is 0 Å². The molecule has 0 unspecified atom stereocenters. The van der Waals surface area contributed by atoms with Crippen LogP contribution in [0.4, 0.5) is 0 Å². The number of sulfone groups is 1. The molecule has 0 bridgehead atoms. The average Bonchev–Trinajstić information content (AvgIpc) is 2.68. The van der Waals surface area contributed by atoms with Gasteiger partial charge in [-0.1, -0.05) is 0 Å². The Bertz CT molecular complexity index is 799. The van der Waals surface area contributed by atoms with E-state index in [1.807, 2.05) is 0 Å². The highest BCUT2D eigenvalue weighted by Gasteiger charge is 2.31. The van der Waals surface area contributed by atoms with Crippen molar-refractivity contribution in [3.8, 4) is 0 Å². The van der Waals surface area contributed by atoms with Crippen molar-refractivity contribution in [3.63, 3.8) is 0 Å². The van der Waals surface area contributed by atoms with Crippen molar-refractivity contribution in [1.82, 2.24) is 0 Å². The zero-order chi connectivity index (χ0) is 15.1. The quantitative estimate of drug-likeness (QED) is 0.754. The third kappa shape index (κ3) is 2.47. The van der Waals surface area contributed by atoms with Gasteiger partial charge >= 0.3 is 0 Å². The summed E-state index contributed by atoms with van der Waals surface area (Å²) in [5, 5.41) is 11.5. The van der Waals surface area contributed by atoms with Crippen molar-refractivity contribution in [3.05, 3.63) is 34.9 Å². The zero-order valence-electron chi connectivity index (χ0n) is 9.94. The van der Waals surface area contributed by atoms with Gasteiger partial charge in [0.25, 0.3) is 10.1 Å². The summed E-state index contributed by atoms with van der Waals surface area (Å²) >= 11 is 0. The number of carbonyl (C=O) groups is 1. The third-order valence-electron chi connectivity index (χ3n) is 2.79. The highest BCUT2D eigenvalue weighted by Crippen LogP contribution is 2.29. The van der Waals surface area contributed by atoms with Crippen LogP contribution in [0.3, 0.4) is 0 Å². The third-order valence-corrected chi connectivity index (χ3v) is 5.54. The molecule has 0 heterocycles. The Balaban J connectivity index is 2.52. The predicted molar refractivity (Wildman–Crippen MR) is 64.7 cm³/mol. The summed E-state index contributed by atoms with van der Waals surface area (Å²) in [5.41, 5.74) is 0.